The van der Waals surface area contributed by atoms with Crippen molar-refractivity contribution in [3.63, 3.8) is 0 Å². The molecule has 0 spiro atoms. The molecule has 1 aromatic heterocycles. The minimum atomic E-state index is -0.340. The molecule has 1 unspecified atom stereocenters. The number of hydrogen-bond donors (Lipinski definition) is 1. The second-order valence-electron chi connectivity index (χ2n) is 3.44. The molecular formula is C10H15NO2S. The summed E-state index contributed by atoms with van der Waals surface area (Å²) in [6, 6.07) is 3.96. The quantitative estimate of drug-likeness (QED) is 0.816. The fourth-order valence-corrected chi connectivity index (χ4v) is 2.30. The van der Waals surface area contributed by atoms with Gasteiger partial charge in [-0.1, -0.05) is 6.07 Å². The van der Waals surface area contributed by atoms with Gasteiger partial charge < -0.3 is 9.84 Å². The van der Waals surface area contributed by atoms with Gasteiger partial charge in [0.15, 0.2) is 0 Å². The van der Waals surface area contributed by atoms with Crippen LogP contribution in [0.5, 0.6) is 0 Å². The molecule has 1 aliphatic rings. The maximum absolute atomic E-state index is 9.89. The van der Waals surface area contributed by atoms with Crippen LogP contribution in [0.15, 0.2) is 17.5 Å². The fraction of sp³-hybridized carbons (Fsp3) is 0.600. The van der Waals surface area contributed by atoms with Crippen LogP contribution in [0.1, 0.15) is 11.0 Å². The van der Waals surface area contributed by atoms with E-state index in [0.717, 1.165) is 37.7 Å². The van der Waals surface area contributed by atoms with Gasteiger partial charge in [-0.15, -0.1) is 11.3 Å². The first kappa shape index (κ1) is 10.1. The zero-order valence-electron chi connectivity index (χ0n) is 8.06. The van der Waals surface area contributed by atoms with Crippen molar-refractivity contribution in [2.45, 2.75) is 6.10 Å². The summed E-state index contributed by atoms with van der Waals surface area (Å²) in [6.07, 6.45) is -0.340. The molecule has 1 aromatic rings. The lowest BCUT2D eigenvalue weighted by Gasteiger charge is -2.28. The smallest absolute Gasteiger partial charge is 0.101 e. The Labute approximate surface area is 87.9 Å². The fourth-order valence-electron chi connectivity index (χ4n) is 1.60. The molecule has 0 radical (unpaired) electrons. The number of rotatable bonds is 3. The second kappa shape index (κ2) is 4.89. The van der Waals surface area contributed by atoms with Gasteiger partial charge in [0.05, 0.1) is 13.2 Å². The molecule has 0 bridgehead atoms. The molecule has 4 heteroatoms. The zero-order chi connectivity index (χ0) is 9.80. The number of morpholine rings is 1. The Balaban J connectivity index is 1.84. The van der Waals surface area contributed by atoms with Crippen LogP contribution in [0, 0.1) is 0 Å². The van der Waals surface area contributed by atoms with Crippen molar-refractivity contribution in [1.82, 2.24) is 4.90 Å². The SMILES string of the molecule is OC(CN1CCOCC1)c1cccs1. The molecule has 14 heavy (non-hydrogen) atoms. The average molecular weight is 213 g/mol. The predicted octanol–water partition coefficient (Wildman–Crippen LogP) is 1.11. The molecule has 1 saturated heterocycles. The highest BCUT2D eigenvalue weighted by Crippen LogP contribution is 2.19. The van der Waals surface area contributed by atoms with Crippen LogP contribution >= 0.6 is 11.3 Å². The summed E-state index contributed by atoms with van der Waals surface area (Å²) in [6.45, 7) is 4.17. The molecule has 0 aromatic carbocycles. The van der Waals surface area contributed by atoms with Crippen LogP contribution in [0.4, 0.5) is 0 Å². The van der Waals surface area contributed by atoms with Crippen molar-refractivity contribution in [2.24, 2.45) is 0 Å². The van der Waals surface area contributed by atoms with E-state index in [2.05, 4.69) is 4.90 Å². The van der Waals surface area contributed by atoms with Gasteiger partial charge in [0.1, 0.15) is 6.10 Å². The molecule has 0 saturated carbocycles. The summed E-state index contributed by atoms with van der Waals surface area (Å²) < 4.78 is 5.25. The number of ether oxygens (including phenoxy) is 1. The molecular weight excluding hydrogens is 198 g/mol. The molecule has 0 amide bonds. The second-order valence-corrected chi connectivity index (χ2v) is 4.42. The van der Waals surface area contributed by atoms with Crippen LogP contribution in [-0.2, 0) is 4.74 Å². The van der Waals surface area contributed by atoms with Gasteiger partial charge in [0.25, 0.3) is 0 Å². The Morgan fingerprint density at radius 3 is 2.93 bits per heavy atom. The predicted molar refractivity (Wildman–Crippen MR) is 56.5 cm³/mol. The number of thiophene rings is 1. The Morgan fingerprint density at radius 2 is 2.29 bits per heavy atom. The van der Waals surface area contributed by atoms with E-state index in [-0.39, 0.29) is 6.10 Å². The van der Waals surface area contributed by atoms with E-state index in [0.29, 0.717) is 0 Å². The van der Waals surface area contributed by atoms with Crippen LogP contribution < -0.4 is 0 Å². The highest BCUT2D eigenvalue weighted by molar-refractivity contribution is 7.10. The van der Waals surface area contributed by atoms with Crippen molar-refractivity contribution in [3.8, 4) is 0 Å². The first-order chi connectivity index (χ1) is 6.86. The average Bonchev–Trinajstić information content (AvgIpc) is 2.72. The van der Waals surface area contributed by atoms with E-state index in [9.17, 15) is 5.11 Å². The third-order valence-corrected chi connectivity index (χ3v) is 3.38. The van der Waals surface area contributed by atoms with E-state index in [1.807, 2.05) is 17.5 Å². The minimum Gasteiger partial charge on any atom is -0.386 e. The van der Waals surface area contributed by atoms with Gasteiger partial charge in [-0.05, 0) is 11.4 Å². The molecule has 1 aliphatic heterocycles. The lowest BCUT2D eigenvalue weighted by Crippen LogP contribution is -2.38. The third kappa shape index (κ3) is 2.54. The van der Waals surface area contributed by atoms with Gasteiger partial charge in [-0.2, -0.15) is 0 Å². The molecule has 1 N–H and O–H groups in total. The van der Waals surface area contributed by atoms with Gasteiger partial charge >= 0.3 is 0 Å². The number of aliphatic hydroxyl groups excluding tert-OH is 1. The summed E-state index contributed by atoms with van der Waals surface area (Å²) in [7, 11) is 0. The summed E-state index contributed by atoms with van der Waals surface area (Å²) in [5.41, 5.74) is 0. The van der Waals surface area contributed by atoms with E-state index in [1.165, 1.54) is 0 Å². The van der Waals surface area contributed by atoms with Crippen LogP contribution in [-0.4, -0.2) is 42.9 Å². The molecule has 2 heterocycles. The standard InChI is InChI=1S/C10H15NO2S/c12-9(10-2-1-7-14-10)8-11-3-5-13-6-4-11/h1-2,7,9,12H,3-6,8H2. The van der Waals surface area contributed by atoms with Gasteiger partial charge in [-0.3, -0.25) is 4.90 Å². The van der Waals surface area contributed by atoms with E-state index in [1.54, 1.807) is 11.3 Å². The summed E-state index contributed by atoms with van der Waals surface area (Å²) >= 11 is 1.61. The van der Waals surface area contributed by atoms with Crippen molar-refractivity contribution in [2.75, 3.05) is 32.8 Å². The van der Waals surface area contributed by atoms with Crippen molar-refractivity contribution in [3.05, 3.63) is 22.4 Å². The minimum absolute atomic E-state index is 0.340. The number of hydrogen-bond acceptors (Lipinski definition) is 4. The lowest BCUT2D eigenvalue weighted by molar-refractivity contribution is 0.0150. The summed E-state index contributed by atoms with van der Waals surface area (Å²) in [4.78, 5) is 3.30. The Hall–Kier alpha value is -0.420. The molecule has 1 atom stereocenters. The lowest BCUT2D eigenvalue weighted by atomic mass is 10.2. The van der Waals surface area contributed by atoms with Crippen LogP contribution in [0.3, 0.4) is 0 Å². The zero-order valence-corrected chi connectivity index (χ0v) is 8.87. The van der Waals surface area contributed by atoms with Crippen molar-refractivity contribution >= 4 is 11.3 Å². The highest BCUT2D eigenvalue weighted by atomic mass is 32.1. The maximum atomic E-state index is 9.89. The molecule has 2 rings (SSSR count). The first-order valence-electron chi connectivity index (χ1n) is 4.88. The van der Waals surface area contributed by atoms with Gasteiger partial charge in [0.2, 0.25) is 0 Å². The van der Waals surface area contributed by atoms with Crippen LogP contribution in [0.2, 0.25) is 0 Å². The highest BCUT2D eigenvalue weighted by Gasteiger charge is 2.16. The van der Waals surface area contributed by atoms with Crippen molar-refractivity contribution in [1.29, 1.82) is 0 Å². The summed E-state index contributed by atoms with van der Waals surface area (Å²) in [5, 5.41) is 11.9. The number of aliphatic hydroxyl groups is 1. The Morgan fingerprint density at radius 1 is 1.50 bits per heavy atom. The molecule has 3 nitrogen and oxygen atoms in total. The van der Waals surface area contributed by atoms with E-state index >= 15 is 0 Å². The number of β-amino-alcohol motifs (C(OH)–C–C–N with tert-alkyl or cyclic N) is 1. The topological polar surface area (TPSA) is 32.7 Å². The maximum Gasteiger partial charge on any atom is 0.101 e. The molecule has 1 fully saturated rings. The van der Waals surface area contributed by atoms with E-state index in [4.69, 9.17) is 4.74 Å². The normalized spacial score (nSPS) is 20.9. The van der Waals surface area contributed by atoms with Crippen molar-refractivity contribution < 1.29 is 9.84 Å². The van der Waals surface area contributed by atoms with Gasteiger partial charge in [-0.25, -0.2) is 0 Å². The third-order valence-electron chi connectivity index (χ3n) is 2.41. The first-order valence-corrected chi connectivity index (χ1v) is 5.76. The largest absolute Gasteiger partial charge is 0.386 e. The monoisotopic (exact) mass is 213 g/mol. The van der Waals surface area contributed by atoms with E-state index < -0.39 is 0 Å². The number of nitrogens with zero attached hydrogens (tertiary/aromatic N) is 1. The van der Waals surface area contributed by atoms with Gasteiger partial charge in [0, 0.05) is 24.5 Å². The van der Waals surface area contributed by atoms with Crippen LogP contribution in [0.25, 0.3) is 0 Å². The summed E-state index contributed by atoms with van der Waals surface area (Å²) in [5.74, 6) is 0. The Bertz CT molecular complexity index is 257. The Kier molecular flexibility index (Phi) is 3.53. The molecule has 78 valence electrons. The molecule has 0 aliphatic carbocycles.